The SMILES string of the molecule is CC(C)n1cc(C(=O)N2CCOCC2)c2ccc(Br)cc21. The van der Waals surface area contributed by atoms with Crippen LogP contribution in [0.3, 0.4) is 0 Å². The molecule has 0 bridgehead atoms. The summed E-state index contributed by atoms with van der Waals surface area (Å²) >= 11 is 3.51. The van der Waals surface area contributed by atoms with E-state index in [1.54, 1.807) is 0 Å². The van der Waals surface area contributed by atoms with Gasteiger partial charge in [-0.2, -0.15) is 0 Å². The maximum atomic E-state index is 12.8. The van der Waals surface area contributed by atoms with Crippen molar-refractivity contribution in [1.82, 2.24) is 9.47 Å². The number of fused-ring (bicyclic) bond motifs is 1. The molecular formula is C16H19BrN2O2. The molecule has 5 heteroatoms. The van der Waals surface area contributed by atoms with Crippen molar-refractivity contribution in [3.05, 3.63) is 34.4 Å². The van der Waals surface area contributed by atoms with Crippen LogP contribution in [0.5, 0.6) is 0 Å². The van der Waals surface area contributed by atoms with Crippen molar-refractivity contribution >= 4 is 32.7 Å². The number of rotatable bonds is 2. The predicted molar refractivity (Wildman–Crippen MR) is 86.7 cm³/mol. The van der Waals surface area contributed by atoms with Crippen LogP contribution in [-0.4, -0.2) is 41.7 Å². The molecule has 1 amide bonds. The summed E-state index contributed by atoms with van der Waals surface area (Å²) in [7, 11) is 0. The maximum absolute atomic E-state index is 12.8. The summed E-state index contributed by atoms with van der Waals surface area (Å²) in [4.78, 5) is 14.7. The first-order valence-corrected chi connectivity index (χ1v) is 8.04. The number of nitrogens with zero attached hydrogens (tertiary/aromatic N) is 2. The van der Waals surface area contributed by atoms with Gasteiger partial charge in [0.2, 0.25) is 0 Å². The second-order valence-corrected chi connectivity index (χ2v) is 6.53. The minimum atomic E-state index is 0.102. The van der Waals surface area contributed by atoms with E-state index in [4.69, 9.17) is 4.74 Å². The number of morpholine rings is 1. The summed E-state index contributed by atoms with van der Waals surface area (Å²) in [5.74, 6) is 0.102. The quantitative estimate of drug-likeness (QED) is 0.831. The summed E-state index contributed by atoms with van der Waals surface area (Å²) < 4.78 is 8.52. The molecule has 0 radical (unpaired) electrons. The van der Waals surface area contributed by atoms with E-state index in [-0.39, 0.29) is 5.91 Å². The lowest BCUT2D eigenvalue weighted by molar-refractivity contribution is 0.0304. The number of benzene rings is 1. The molecule has 1 aliphatic rings. The average Bonchev–Trinajstić information content (AvgIpc) is 2.86. The maximum Gasteiger partial charge on any atom is 0.256 e. The molecule has 0 atom stereocenters. The lowest BCUT2D eigenvalue weighted by atomic mass is 10.1. The summed E-state index contributed by atoms with van der Waals surface area (Å²) in [5.41, 5.74) is 1.88. The number of hydrogen-bond acceptors (Lipinski definition) is 2. The Kier molecular flexibility index (Phi) is 4.04. The van der Waals surface area contributed by atoms with E-state index in [9.17, 15) is 4.79 Å². The van der Waals surface area contributed by atoms with Crippen LogP contribution in [0.15, 0.2) is 28.9 Å². The highest BCUT2D eigenvalue weighted by molar-refractivity contribution is 9.10. The molecule has 1 aliphatic heterocycles. The van der Waals surface area contributed by atoms with E-state index >= 15 is 0 Å². The van der Waals surface area contributed by atoms with Crippen LogP contribution in [0, 0.1) is 0 Å². The van der Waals surface area contributed by atoms with E-state index < -0.39 is 0 Å². The first-order valence-electron chi connectivity index (χ1n) is 7.25. The number of aromatic nitrogens is 1. The number of hydrogen-bond donors (Lipinski definition) is 0. The Morgan fingerprint density at radius 2 is 2.00 bits per heavy atom. The Labute approximate surface area is 132 Å². The highest BCUT2D eigenvalue weighted by Crippen LogP contribution is 2.28. The van der Waals surface area contributed by atoms with Crippen LogP contribution < -0.4 is 0 Å². The summed E-state index contributed by atoms with van der Waals surface area (Å²) in [6.07, 6.45) is 1.99. The molecule has 2 aromatic rings. The monoisotopic (exact) mass is 350 g/mol. The van der Waals surface area contributed by atoms with Gasteiger partial charge in [0.1, 0.15) is 0 Å². The highest BCUT2D eigenvalue weighted by atomic mass is 79.9. The second-order valence-electron chi connectivity index (χ2n) is 5.61. The fourth-order valence-corrected chi connectivity index (χ4v) is 3.11. The third kappa shape index (κ3) is 2.72. The molecule has 1 saturated heterocycles. The molecule has 0 unspecified atom stereocenters. The van der Waals surface area contributed by atoms with Gasteiger partial charge in [0, 0.05) is 35.2 Å². The summed E-state index contributed by atoms with van der Waals surface area (Å²) in [6, 6.07) is 6.40. The fourth-order valence-electron chi connectivity index (χ4n) is 2.76. The van der Waals surface area contributed by atoms with Crippen LogP contribution in [0.4, 0.5) is 0 Å². The van der Waals surface area contributed by atoms with E-state index in [1.807, 2.05) is 23.2 Å². The van der Waals surface area contributed by atoms with E-state index in [0.717, 1.165) is 20.9 Å². The van der Waals surface area contributed by atoms with Gasteiger partial charge in [-0.15, -0.1) is 0 Å². The van der Waals surface area contributed by atoms with E-state index in [1.165, 1.54) is 0 Å². The molecular weight excluding hydrogens is 332 g/mol. The Morgan fingerprint density at radius 1 is 1.29 bits per heavy atom. The number of halogens is 1. The molecule has 112 valence electrons. The molecule has 0 spiro atoms. The zero-order valence-electron chi connectivity index (χ0n) is 12.3. The average molecular weight is 351 g/mol. The summed E-state index contributed by atoms with van der Waals surface area (Å²) in [6.45, 7) is 6.85. The van der Waals surface area contributed by atoms with Crippen LogP contribution in [-0.2, 0) is 4.74 Å². The standard InChI is InChI=1S/C16H19BrN2O2/c1-11(2)19-10-14(13-4-3-12(17)9-15(13)19)16(20)18-5-7-21-8-6-18/h3-4,9-11H,5-8H2,1-2H3. The van der Waals surface area contributed by atoms with Gasteiger partial charge in [0.05, 0.1) is 24.3 Å². The summed E-state index contributed by atoms with van der Waals surface area (Å²) in [5, 5.41) is 1.02. The van der Waals surface area contributed by atoms with Crippen molar-refractivity contribution in [2.45, 2.75) is 19.9 Å². The van der Waals surface area contributed by atoms with E-state index in [2.05, 4.69) is 40.4 Å². The second kappa shape index (κ2) is 5.81. The number of ether oxygens (including phenoxy) is 1. The van der Waals surface area contributed by atoms with Gasteiger partial charge >= 0.3 is 0 Å². The van der Waals surface area contributed by atoms with Crippen LogP contribution in [0.1, 0.15) is 30.2 Å². The van der Waals surface area contributed by atoms with Crippen molar-refractivity contribution in [2.75, 3.05) is 26.3 Å². The molecule has 1 fully saturated rings. The molecule has 2 heterocycles. The van der Waals surface area contributed by atoms with Gasteiger partial charge in [-0.25, -0.2) is 0 Å². The van der Waals surface area contributed by atoms with Crippen molar-refractivity contribution in [3.63, 3.8) is 0 Å². The number of carbonyl (C=O) groups is 1. The normalized spacial score (nSPS) is 15.9. The molecule has 21 heavy (non-hydrogen) atoms. The molecule has 0 saturated carbocycles. The molecule has 0 N–H and O–H groups in total. The van der Waals surface area contributed by atoms with Gasteiger partial charge in [-0.1, -0.05) is 22.0 Å². The Bertz CT molecular complexity index is 672. The minimum absolute atomic E-state index is 0.102. The van der Waals surface area contributed by atoms with Crippen LogP contribution >= 0.6 is 15.9 Å². The zero-order chi connectivity index (χ0) is 15.0. The van der Waals surface area contributed by atoms with Gasteiger partial charge in [0.25, 0.3) is 5.91 Å². The largest absolute Gasteiger partial charge is 0.378 e. The number of carbonyl (C=O) groups excluding carboxylic acids is 1. The topological polar surface area (TPSA) is 34.5 Å². The van der Waals surface area contributed by atoms with Crippen molar-refractivity contribution < 1.29 is 9.53 Å². The lowest BCUT2D eigenvalue weighted by Gasteiger charge is -2.26. The van der Waals surface area contributed by atoms with Crippen molar-refractivity contribution in [1.29, 1.82) is 0 Å². The molecule has 3 rings (SSSR count). The van der Waals surface area contributed by atoms with Crippen molar-refractivity contribution in [2.24, 2.45) is 0 Å². The first kappa shape index (κ1) is 14.6. The predicted octanol–water partition coefficient (Wildman–Crippen LogP) is 3.46. The lowest BCUT2D eigenvalue weighted by Crippen LogP contribution is -2.40. The molecule has 1 aromatic heterocycles. The minimum Gasteiger partial charge on any atom is -0.378 e. The fraction of sp³-hybridized carbons (Fsp3) is 0.438. The zero-order valence-corrected chi connectivity index (χ0v) is 13.9. The van der Waals surface area contributed by atoms with Gasteiger partial charge in [-0.05, 0) is 26.0 Å². The number of amides is 1. The highest BCUT2D eigenvalue weighted by Gasteiger charge is 2.23. The Morgan fingerprint density at radius 3 is 2.67 bits per heavy atom. The molecule has 0 aliphatic carbocycles. The smallest absolute Gasteiger partial charge is 0.256 e. The van der Waals surface area contributed by atoms with E-state index in [0.29, 0.717) is 32.3 Å². The Balaban J connectivity index is 2.07. The first-order chi connectivity index (χ1) is 10.1. The molecule has 1 aromatic carbocycles. The molecule has 4 nitrogen and oxygen atoms in total. The van der Waals surface area contributed by atoms with Crippen LogP contribution in [0.2, 0.25) is 0 Å². The Hall–Kier alpha value is -1.33. The third-order valence-electron chi connectivity index (χ3n) is 3.88. The van der Waals surface area contributed by atoms with Gasteiger partial charge in [0.15, 0.2) is 0 Å². The van der Waals surface area contributed by atoms with Crippen LogP contribution in [0.25, 0.3) is 10.9 Å². The van der Waals surface area contributed by atoms with Gasteiger partial charge < -0.3 is 14.2 Å². The third-order valence-corrected chi connectivity index (χ3v) is 4.37. The van der Waals surface area contributed by atoms with Crippen molar-refractivity contribution in [3.8, 4) is 0 Å². The van der Waals surface area contributed by atoms with Gasteiger partial charge in [-0.3, -0.25) is 4.79 Å².